The smallest absolute Gasteiger partial charge is 0.352 e. The Kier molecular flexibility index (Phi) is 7.94. The Bertz CT molecular complexity index is 1030. The summed E-state index contributed by atoms with van der Waals surface area (Å²) in [6.07, 6.45) is 0. The van der Waals surface area contributed by atoms with Crippen molar-refractivity contribution >= 4 is 52.6 Å². The largest absolute Gasteiger partial charge is 0.477 e. The van der Waals surface area contributed by atoms with Crippen LogP contribution < -0.4 is 5.32 Å². The van der Waals surface area contributed by atoms with Crippen molar-refractivity contribution in [1.82, 2.24) is 15.2 Å². The Hall–Kier alpha value is -2.97. The van der Waals surface area contributed by atoms with Crippen molar-refractivity contribution in [1.29, 1.82) is 0 Å². The van der Waals surface area contributed by atoms with Gasteiger partial charge in [-0.1, -0.05) is 5.16 Å². The van der Waals surface area contributed by atoms with Gasteiger partial charge in [0.1, 0.15) is 28.4 Å². The number of esters is 1. The van der Waals surface area contributed by atoms with Gasteiger partial charge in [-0.2, -0.15) is 0 Å². The molecule has 1 unspecified atom stereocenters. The van der Waals surface area contributed by atoms with Crippen molar-refractivity contribution in [2.24, 2.45) is 5.16 Å². The van der Waals surface area contributed by atoms with Crippen LogP contribution >= 0.6 is 23.1 Å². The van der Waals surface area contributed by atoms with E-state index in [1.165, 1.54) is 35.7 Å². The highest BCUT2D eigenvalue weighted by Crippen LogP contribution is 2.40. The lowest BCUT2D eigenvalue weighted by Gasteiger charge is -2.49. The van der Waals surface area contributed by atoms with E-state index in [-0.39, 0.29) is 23.7 Å². The van der Waals surface area contributed by atoms with Gasteiger partial charge in [0.2, 0.25) is 6.61 Å². The van der Waals surface area contributed by atoms with E-state index in [2.05, 4.69) is 15.5 Å². The van der Waals surface area contributed by atoms with E-state index in [4.69, 9.17) is 14.3 Å². The van der Waals surface area contributed by atoms with Gasteiger partial charge in [-0.3, -0.25) is 14.5 Å². The maximum Gasteiger partial charge on any atom is 0.352 e. The number of oxime groups is 1. The number of amides is 2. The zero-order chi connectivity index (χ0) is 25.0. The first-order chi connectivity index (χ1) is 16.0. The minimum absolute atomic E-state index is 0.0811. The molecule has 0 aliphatic carbocycles. The van der Waals surface area contributed by atoms with Gasteiger partial charge in [-0.05, 0) is 26.3 Å². The van der Waals surface area contributed by atoms with Crippen molar-refractivity contribution in [3.63, 3.8) is 0 Å². The van der Waals surface area contributed by atoms with E-state index in [9.17, 15) is 24.3 Å². The van der Waals surface area contributed by atoms with Gasteiger partial charge in [0, 0.05) is 18.2 Å². The van der Waals surface area contributed by atoms with Crippen molar-refractivity contribution in [3.05, 3.63) is 27.9 Å². The highest BCUT2D eigenvalue weighted by Gasteiger charge is 2.54. The second-order valence-electron chi connectivity index (χ2n) is 8.22. The molecule has 3 rings (SSSR count). The summed E-state index contributed by atoms with van der Waals surface area (Å²) in [7, 11) is 1.44. The van der Waals surface area contributed by atoms with Gasteiger partial charge in [0.15, 0.2) is 5.71 Å². The van der Waals surface area contributed by atoms with Crippen LogP contribution in [-0.4, -0.2) is 87.5 Å². The molecule has 1 saturated heterocycles. The number of thiazole rings is 1. The van der Waals surface area contributed by atoms with Crippen LogP contribution in [-0.2, 0) is 33.5 Å². The highest BCUT2D eigenvalue weighted by atomic mass is 32.2. The van der Waals surface area contributed by atoms with E-state index in [1.807, 2.05) is 0 Å². The van der Waals surface area contributed by atoms with Gasteiger partial charge < -0.3 is 24.7 Å². The minimum atomic E-state index is -1.24. The topological polar surface area (TPSA) is 157 Å². The van der Waals surface area contributed by atoms with Crippen molar-refractivity contribution in [2.45, 2.75) is 37.8 Å². The standard InChI is InChI=1S/C20H24N4O8S2/c1-20(2,3)32-12(25)6-31-23-13(11-8-33-9-21-11)16(26)22-14-17(27)24-15(19(28)29)10(5-30-4)7-34-18(14)24/h8-9,14,18H,5-7H2,1-4H3,(H,22,26)(H,28,29)/t14?,18-/m0/s1. The molecule has 0 aromatic carbocycles. The molecule has 2 amide bonds. The summed E-state index contributed by atoms with van der Waals surface area (Å²) in [5.74, 6) is -2.89. The third-order valence-corrected chi connectivity index (χ3v) is 6.43. The van der Waals surface area contributed by atoms with Crippen LogP contribution in [0.5, 0.6) is 0 Å². The summed E-state index contributed by atoms with van der Waals surface area (Å²) in [6, 6.07) is -0.967. The molecule has 1 fully saturated rings. The number of aliphatic carboxylic acids is 1. The summed E-state index contributed by atoms with van der Waals surface area (Å²) in [6.45, 7) is 4.66. The predicted molar refractivity (Wildman–Crippen MR) is 122 cm³/mol. The van der Waals surface area contributed by atoms with E-state index in [0.29, 0.717) is 11.3 Å². The molecule has 0 spiro atoms. The van der Waals surface area contributed by atoms with Crippen LogP contribution in [0.1, 0.15) is 26.5 Å². The fourth-order valence-corrected chi connectivity index (χ4v) is 5.10. The number of carboxylic acids is 1. The summed E-state index contributed by atoms with van der Waals surface area (Å²) in [5.41, 5.74) is 1.09. The fraction of sp³-hybridized carbons (Fsp3) is 0.500. The first-order valence-electron chi connectivity index (χ1n) is 10.0. The van der Waals surface area contributed by atoms with Crippen LogP contribution in [0.2, 0.25) is 0 Å². The monoisotopic (exact) mass is 512 g/mol. The highest BCUT2D eigenvalue weighted by molar-refractivity contribution is 8.00. The number of nitrogens with one attached hydrogen (secondary N) is 1. The molecule has 3 heterocycles. The lowest BCUT2D eigenvalue weighted by molar-refractivity contribution is -0.160. The number of β-lactam (4-membered cyclic amide) rings is 1. The number of fused-ring (bicyclic) bond motifs is 1. The molecule has 14 heteroatoms. The van der Waals surface area contributed by atoms with E-state index >= 15 is 0 Å². The molecule has 34 heavy (non-hydrogen) atoms. The van der Waals surface area contributed by atoms with Crippen molar-refractivity contribution < 1.29 is 38.6 Å². The number of rotatable bonds is 9. The molecule has 2 aliphatic heterocycles. The third kappa shape index (κ3) is 5.74. The van der Waals surface area contributed by atoms with E-state index in [1.54, 1.807) is 26.2 Å². The Morgan fingerprint density at radius 3 is 2.68 bits per heavy atom. The van der Waals surface area contributed by atoms with E-state index in [0.717, 1.165) is 4.90 Å². The van der Waals surface area contributed by atoms with Crippen LogP contribution in [0.25, 0.3) is 0 Å². The molecule has 2 N–H and O–H groups in total. The maximum atomic E-state index is 12.9. The summed E-state index contributed by atoms with van der Waals surface area (Å²) in [5, 5.41) is 16.9. The first kappa shape index (κ1) is 25.6. The Morgan fingerprint density at radius 1 is 1.35 bits per heavy atom. The number of methoxy groups -OCH3 is 1. The number of hydrogen-bond acceptors (Lipinski definition) is 11. The third-order valence-electron chi connectivity index (χ3n) is 4.50. The Balaban J connectivity index is 1.72. The van der Waals surface area contributed by atoms with Crippen LogP contribution in [0.4, 0.5) is 0 Å². The lowest BCUT2D eigenvalue weighted by atomic mass is 10.0. The molecule has 1 aromatic rings. The first-order valence-corrected chi connectivity index (χ1v) is 12.0. The number of aromatic nitrogens is 1. The molecule has 0 radical (unpaired) electrons. The molecule has 2 aliphatic rings. The molecule has 0 bridgehead atoms. The molecule has 184 valence electrons. The maximum absolute atomic E-state index is 12.9. The minimum Gasteiger partial charge on any atom is -0.477 e. The molecule has 1 aromatic heterocycles. The van der Waals surface area contributed by atoms with Gasteiger partial charge >= 0.3 is 11.9 Å². The summed E-state index contributed by atoms with van der Waals surface area (Å²) >= 11 is 2.53. The quantitative estimate of drug-likeness (QED) is 0.208. The second kappa shape index (κ2) is 10.5. The second-order valence-corrected chi connectivity index (χ2v) is 10.0. The zero-order valence-corrected chi connectivity index (χ0v) is 20.5. The Labute approximate surface area is 203 Å². The van der Waals surface area contributed by atoms with Crippen LogP contribution in [0.15, 0.2) is 27.3 Å². The van der Waals surface area contributed by atoms with Gasteiger partial charge in [0.05, 0.1) is 12.1 Å². The Morgan fingerprint density at radius 2 is 2.09 bits per heavy atom. The van der Waals surface area contributed by atoms with Gasteiger partial charge in [-0.15, -0.1) is 23.1 Å². The number of carboxylic acid groups (broad SMARTS) is 1. The average Bonchev–Trinajstić information content (AvgIpc) is 3.27. The number of carbonyl (C=O) groups is 4. The molecular weight excluding hydrogens is 488 g/mol. The molecular formula is C20H24N4O8S2. The van der Waals surface area contributed by atoms with E-state index < -0.39 is 47.4 Å². The van der Waals surface area contributed by atoms with Crippen molar-refractivity contribution in [2.75, 3.05) is 26.1 Å². The number of thioether (sulfide) groups is 1. The van der Waals surface area contributed by atoms with Crippen LogP contribution in [0.3, 0.4) is 0 Å². The summed E-state index contributed by atoms with van der Waals surface area (Å²) in [4.78, 5) is 59.5. The number of ether oxygens (including phenoxy) is 2. The van der Waals surface area contributed by atoms with Gasteiger partial charge in [-0.25, -0.2) is 14.6 Å². The number of carbonyl (C=O) groups excluding carboxylic acids is 3. The SMILES string of the molecule is COCC1=C(C(=O)O)N2C(=O)C(NC(=O)C(=NOCC(=O)OC(C)(C)C)c3cscn3)[C@@H]2SC1. The van der Waals surface area contributed by atoms with Crippen molar-refractivity contribution in [3.8, 4) is 0 Å². The average molecular weight is 513 g/mol. The molecule has 2 atom stereocenters. The zero-order valence-electron chi connectivity index (χ0n) is 18.9. The fourth-order valence-electron chi connectivity index (χ4n) is 3.23. The van der Waals surface area contributed by atoms with Crippen LogP contribution in [0, 0.1) is 0 Å². The number of hydrogen-bond donors (Lipinski definition) is 2. The van der Waals surface area contributed by atoms with Gasteiger partial charge in [0.25, 0.3) is 11.8 Å². The molecule has 0 saturated carbocycles. The number of nitrogens with zero attached hydrogens (tertiary/aromatic N) is 3. The lowest BCUT2D eigenvalue weighted by Crippen LogP contribution is -2.71. The summed E-state index contributed by atoms with van der Waals surface area (Å²) < 4.78 is 10.2. The molecule has 12 nitrogen and oxygen atoms in total. The normalized spacial score (nSPS) is 20.4. The predicted octanol–water partition coefficient (Wildman–Crippen LogP) is 0.591.